The Morgan fingerprint density at radius 3 is 2.96 bits per heavy atom. The number of carbonyl (C=O) groups is 1. The first-order chi connectivity index (χ1) is 13.1. The van der Waals surface area contributed by atoms with Crippen LogP contribution in [-0.2, 0) is 9.53 Å². The van der Waals surface area contributed by atoms with E-state index in [1.807, 2.05) is 25.2 Å². The molecule has 0 aliphatic heterocycles. The lowest BCUT2D eigenvalue weighted by Gasteiger charge is -2.29. The van der Waals surface area contributed by atoms with Crippen LogP contribution in [0.4, 0.5) is 5.82 Å². The number of anilines is 1. The van der Waals surface area contributed by atoms with E-state index in [1.165, 1.54) is 0 Å². The molecule has 3 rings (SSSR count). The molecule has 2 aromatic heterocycles. The first kappa shape index (κ1) is 18.8. The number of allylic oxidation sites excluding steroid dienone is 2. The van der Waals surface area contributed by atoms with Gasteiger partial charge in [-0.15, -0.1) is 0 Å². The monoisotopic (exact) mass is 368 g/mol. The molecule has 8 nitrogen and oxygen atoms in total. The Bertz CT molecular complexity index is 831. The summed E-state index contributed by atoms with van der Waals surface area (Å²) in [6.45, 7) is 2.55. The third-order valence-corrected chi connectivity index (χ3v) is 4.40. The Morgan fingerprint density at radius 1 is 1.37 bits per heavy atom. The summed E-state index contributed by atoms with van der Waals surface area (Å²) in [5, 5.41) is 5.96. The Balaban J connectivity index is 1.49. The van der Waals surface area contributed by atoms with Gasteiger partial charge in [0.15, 0.2) is 0 Å². The van der Waals surface area contributed by atoms with Crippen molar-refractivity contribution < 1.29 is 9.53 Å². The van der Waals surface area contributed by atoms with E-state index in [0.717, 1.165) is 12.1 Å². The van der Waals surface area contributed by atoms with Crippen LogP contribution in [0.2, 0.25) is 0 Å². The molecule has 1 atom stereocenters. The van der Waals surface area contributed by atoms with Crippen molar-refractivity contribution in [3.8, 4) is 5.95 Å². The van der Waals surface area contributed by atoms with Gasteiger partial charge in [0.1, 0.15) is 12.1 Å². The van der Waals surface area contributed by atoms with Gasteiger partial charge in [-0.2, -0.15) is 4.98 Å². The number of imidazole rings is 1. The molecule has 0 fully saturated rings. The van der Waals surface area contributed by atoms with Gasteiger partial charge in [-0.05, 0) is 19.8 Å². The maximum absolute atomic E-state index is 12.1. The summed E-state index contributed by atoms with van der Waals surface area (Å²) in [4.78, 5) is 24.9. The van der Waals surface area contributed by atoms with Crippen LogP contribution >= 0.6 is 0 Å². The largest absolute Gasteiger partial charge is 0.374 e. The van der Waals surface area contributed by atoms with E-state index < -0.39 is 0 Å². The number of ether oxygens (including phenoxy) is 1. The Morgan fingerprint density at radius 2 is 2.26 bits per heavy atom. The van der Waals surface area contributed by atoms with Crippen molar-refractivity contribution >= 4 is 11.7 Å². The lowest BCUT2D eigenvalue weighted by Crippen LogP contribution is -2.37. The molecular formula is C19H24N6O2. The fraction of sp³-hybridized carbons (Fsp3) is 0.368. The topological polar surface area (TPSA) is 94.0 Å². The number of hydrogen-bond acceptors (Lipinski definition) is 6. The molecule has 0 bridgehead atoms. The minimum atomic E-state index is -0.334. The number of carbonyl (C=O) groups excluding carboxylic acids is 1. The molecule has 2 heterocycles. The molecule has 2 aromatic rings. The van der Waals surface area contributed by atoms with Crippen molar-refractivity contribution in [3.63, 3.8) is 0 Å². The van der Waals surface area contributed by atoms with E-state index in [0.29, 0.717) is 24.7 Å². The quantitative estimate of drug-likeness (QED) is 0.738. The fourth-order valence-electron chi connectivity index (χ4n) is 2.87. The smallest absolute Gasteiger partial charge is 0.239 e. The molecule has 27 heavy (non-hydrogen) atoms. The number of rotatable bonds is 8. The van der Waals surface area contributed by atoms with Crippen LogP contribution in [-0.4, -0.2) is 51.2 Å². The van der Waals surface area contributed by atoms with Gasteiger partial charge >= 0.3 is 0 Å². The van der Waals surface area contributed by atoms with Gasteiger partial charge in [0.05, 0.1) is 12.1 Å². The van der Waals surface area contributed by atoms with E-state index in [9.17, 15) is 4.79 Å². The molecule has 0 saturated carbocycles. The summed E-state index contributed by atoms with van der Waals surface area (Å²) in [5.74, 6) is 1.00. The molecule has 1 unspecified atom stereocenters. The number of nitrogens with zero attached hydrogens (tertiary/aromatic N) is 4. The van der Waals surface area contributed by atoms with Crippen LogP contribution in [0.5, 0.6) is 0 Å². The highest BCUT2D eigenvalue weighted by atomic mass is 16.5. The van der Waals surface area contributed by atoms with Crippen LogP contribution in [0.3, 0.4) is 0 Å². The van der Waals surface area contributed by atoms with E-state index in [1.54, 1.807) is 36.5 Å². The van der Waals surface area contributed by atoms with Crippen molar-refractivity contribution in [2.45, 2.75) is 25.4 Å². The molecular weight excluding hydrogens is 344 g/mol. The summed E-state index contributed by atoms with van der Waals surface area (Å²) in [6.07, 6.45) is 14.7. The predicted molar refractivity (Wildman–Crippen MR) is 103 cm³/mol. The van der Waals surface area contributed by atoms with Crippen molar-refractivity contribution in [2.75, 3.05) is 25.5 Å². The molecule has 1 amide bonds. The van der Waals surface area contributed by atoms with E-state index in [4.69, 9.17) is 4.74 Å². The van der Waals surface area contributed by atoms with Crippen LogP contribution in [0, 0.1) is 6.92 Å². The summed E-state index contributed by atoms with van der Waals surface area (Å²) < 4.78 is 7.34. The summed E-state index contributed by atoms with van der Waals surface area (Å²) in [6, 6.07) is 1.80. The molecule has 0 saturated heterocycles. The van der Waals surface area contributed by atoms with Gasteiger partial charge in [0.25, 0.3) is 0 Å². The normalized spacial score (nSPS) is 18.4. The molecule has 0 radical (unpaired) electrons. The molecule has 0 aromatic carbocycles. The molecule has 8 heteroatoms. The molecule has 1 aliphatic carbocycles. The first-order valence-corrected chi connectivity index (χ1v) is 8.84. The third kappa shape index (κ3) is 5.01. The highest BCUT2D eigenvalue weighted by Crippen LogP contribution is 2.24. The maximum atomic E-state index is 12.1. The number of amides is 1. The number of nitrogens with one attached hydrogen (secondary N) is 2. The number of methoxy groups -OCH3 is 1. The zero-order valence-corrected chi connectivity index (χ0v) is 15.6. The average Bonchev–Trinajstić information content (AvgIpc) is 3.22. The minimum absolute atomic E-state index is 0.1000. The summed E-state index contributed by atoms with van der Waals surface area (Å²) in [5.41, 5.74) is 0.467. The van der Waals surface area contributed by atoms with Gasteiger partial charge in [0, 0.05) is 37.8 Å². The molecule has 142 valence electrons. The highest BCUT2D eigenvalue weighted by molar-refractivity contribution is 5.80. The summed E-state index contributed by atoms with van der Waals surface area (Å²) >= 11 is 0. The van der Waals surface area contributed by atoms with Crippen LogP contribution in [0.25, 0.3) is 5.95 Å². The summed E-state index contributed by atoms with van der Waals surface area (Å²) in [7, 11) is 1.70. The van der Waals surface area contributed by atoms with Crippen molar-refractivity contribution in [3.05, 3.63) is 54.8 Å². The van der Waals surface area contributed by atoms with Crippen molar-refractivity contribution in [1.29, 1.82) is 0 Å². The second-order valence-corrected chi connectivity index (χ2v) is 6.38. The second-order valence-electron chi connectivity index (χ2n) is 6.38. The third-order valence-electron chi connectivity index (χ3n) is 4.40. The number of hydrogen-bond donors (Lipinski definition) is 2. The number of aromatic nitrogens is 4. The SMILES string of the molecule is COC1(CCNC(=O)CNc2cc(C)nc(-n3ccnc3)n2)C=CC=CC1. The molecule has 2 N–H and O–H groups in total. The average molecular weight is 368 g/mol. The van der Waals surface area contributed by atoms with E-state index in [2.05, 4.69) is 31.7 Å². The predicted octanol–water partition coefficient (Wildman–Crippen LogP) is 1.79. The maximum Gasteiger partial charge on any atom is 0.239 e. The van der Waals surface area contributed by atoms with Gasteiger partial charge in [-0.1, -0.05) is 24.3 Å². The minimum Gasteiger partial charge on any atom is -0.374 e. The lowest BCUT2D eigenvalue weighted by atomic mass is 9.91. The van der Waals surface area contributed by atoms with E-state index in [-0.39, 0.29) is 18.1 Å². The Hall–Kier alpha value is -3.00. The Kier molecular flexibility index (Phi) is 5.97. The van der Waals surface area contributed by atoms with Crippen LogP contribution < -0.4 is 10.6 Å². The fourth-order valence-corrected chi connectivity index (χ4v) is 2.87. The second kappa shape index (κ2) is 8.59. The van der Waals surface area contributed by atoms with Crippen LogP contribution in [0.1, 0.15) is 18.5 Å². The van der Waals surface area contributed by atoms with Gasteiger partial charge in [0.2, 0.25) is 11.9 Å². The Labute approximate surface area is 158 Å². The zero-order chi connectivity index (χ0) is 19.1. The zero-order valence-electron chi connectivity index (χ0n) is 15.6. The molecule has 0 spiro atoms. The highest BCUT2D eigenvalue weighted by Gasteiger charge is 2.26. The number of aryl methyl sites for hydroxylation is 1. The standard InChI is InChI=1S/C19H24N6O2/c1-15-12-16(24-18(23-15)25-11-10-20-14-25)22-13-17(26)21-9-8-19(27-2)6-4-3-5-7-19/h3-6,10-12,14H,7-9,13H2,1-2H3,(H,21,26)(H,22,23,24). The van der Waals surface area contributed by atoms with E-state index >= 15 is 0 Å². The molecule has 1 aliphatic rings. The lowest BCUT2D eigenvalue weighted by molar-refractivity contribution is -0.119. The van der Waals surface area contributed by atoms with Crippen LogP contribution in [0.15, 0.2) is 49.1 Å². The van der Waals surface area contributed by atoms with Gasteiger partial charge in [-0.25, -0.2) is 9.97 Å². The van der Waals surface area contributed by atoms with Crippen molar-refractivity contribution in [1.82, 2.24) is 24.8 Å². The first-order valence-electron chi connectivity index (χ1n) is 8.84. The van der Waals surface area contributed by atoms with Gasteiger partial charge < -0.3 is 15.4 Å². The van der Waals surface area contributed by atoms with Crippen molar-refractivity contribution in [2.24, 2.45) is 0 Å². The van der Waals surface area contributed by atoms with Gasteiger partial charge in [-0.3, -0.25) is 9.36 Å².